The van der Waals surface area contributed by atoms with Gasteiger partial charge in [-0.25, -0.2) is 9.97 Å². The van der Waals surface area contributed by atoms with Crippen LogP contribution in [-0.2, 0) is 16.0 Å². The molecule has 4 N–H and O–H groups in total. The number of aryl methyl sites for hydroxylation is 1. The molecule has 188 valence electrons. The van der Waals surface area contributed by atoms with E-state index in [0.717, 1.165) is 38.7 Å². The van der Waals surface area contributed by atoms with Crippen molar-refractivity contribution in [2.24, 2.45) is 11.7 Å². The zero-order valence-electron chi connectivity index (χ0n) is 20.5. The van der Waals surface area contributed by atoms with Crippen molar-refractivity contribution in [3.05, 3.63) is 52.3 Å². The summed E-state index contributed by atoms with van der Waals surface area (Å²) in [7, 11) is 0. The standard InChI is InChI=1S/C26H30N6O2S2/c1-14-20(24-31-17-8-4-5-9-19(17)36-24)23(32-25(29-14)28-13-16-7-6-10-35-16)30-18-11-15(12-27)21-22(18)34-26(2,3)33-21/h4-10,15,18,21-22H,11-13,27H2,1-3H3,(H2,28,29,30,32)/t15-,18?,21-,22+/m1/s1. The van der Waals surface area contributed by atoms with Crippen LogP contribution < -0.4 is 16.4 Å². The van der Waals surface area contributed by atoms with E-state index in [-0.39, 0.29) is 24.2 Å². The number of fused-ring (bicyclic) bond motifs is 2. The molecule has 0 bridgehead atoms. The van der Waals surface area contributed by atoms with Crippen LogP contribution in [0.25, 0.3) is 20.8 Å². The fraction of sp³-hybridized carbons (Fsp3) is 0.423. The van der Waals surface area contributed by atoms with E-state index in [4.69, 9.17) is 30.2 Å². The first-order valence-corrected chi connectivity index (χ1v) is 13.9. The summed E-state index contributed by atoms with van der Waals surface area (Å²) in [4.78, 5) is 15.9. The largest absolute Gasteiger partial charge is 0.364 e. The summed E-state index contributed by atoms with van der Waals surface area (Å²) in [6.45, 7) is 7.17. The number of para-hydroxylation sites is 1. The smallest absolute Gasteiger partial charge is 0.225 e. The highest BCUT2D eigenvalue weighted by molar-refractivity contribution is 7.21. The molecular formula is C26H30N6O2S2. The van der Waals surface area contributed by atoms with Crippen molar-refractivity contribution in [1.29, 1.82) is 0 Å². The van der Waals surface area contributed by atoms with Gasteiger partial charge in [0.15, 0.2) is 5.79 Å². The monoisotopic (exact) mass is 522 g/mol. The summed E-state index contributed by atoms with van der Waals surface area (Å²) in [5.41, 5.74) is 8.89. The summed E-state index contributed by atoms with van der Waals surface area (Å²) in [6, 6.07) is 12.3. The molecule has 1 aliphatic heterocycles. The molecule has 6 rings (SSSR count). The molecule has 8 nitrogen and oxygen atoms in total. The molecule has 1 unspecified atom stereocenters. The number of hydrogen-bond acceptors (Lipinski definition) is 10. The van der Waals surface area contributed by atoms with E-state index >= 15 is 0 Å². The summed E-state index contributed by atoms with van der Waals surface area (Å²) in [5.74, 6) is 0.931. The van der Waals surface area contributed by atoms with E-state index in [0.29, 0.717) is 19.0 Å². The van der Waals surface area contributed by atoms with Crippen LogP contribution in [0, 0.1) is 12.8 Å². The maximum Gasteiger partial charge on any atom is 0.225 e. The second-order valence-electron chi connectivity index (χ2n) is 9.82. The Morgan fingerprint density at radius 1 is 1.08 bits per heavy atom. The Labute approximate surface area is 218 Å². The van der Waals surface area contributed by atoms with Gasteiger partial charge >= 0.3 is 0 Å². The Morgan fingerprint density at radius 2 is 1.92 bits per heavy atom. The Hall–Kier alpha value is -2.63. The van der Waals surface area contributed by atoms with Crippen LogP contribution in [0.2, 0.25) is 0 Å². The van der Waals surface area contributed by atoms with Gasteiger partial charge in [0.1, 0.15) is 16.9 Å². The van der Waals surface area contributed by atoms with Crippen LogP contribution in [0.5, 0.6) is 0 Å². The van der Waals surface area contributed by atoms with E-state index in [9.17, 15) is 0 Å². The summed E-state index contributed by atoms with van der Waals surface area (Å²) >= 11 is 3.36. The van der Waals surface area contributed by atoms with Gasteiger partial charge in [-0.15, -0.1) is 22.7 Å². The highest BCUT2D eigenvalue weighted by Crippen LogP contribution is 2.44. The van der Waals surface area contributed by atoms with Gasteiger partial charge in [0.25, 0.3) is 0 Å². The Bertz CT molecular complexity index is 1340. The number of thiazole rings is 1. The van der Waals surface area contributed by atoms with Crippen molar-refractivity contribution < 1.29 is 9.47 Å². The molecule has 4 atom stereocenters. The molecule has 1 saturated carbocycles. The molecule has 0 radical (unpaired) electrons. The molecule has 2 fully saturated rings. The quantitative estimate of drug-likeness (QED) is 0.311. The van der Waals surface area contributed by atoms with Crippen molar-refractivity contribution in [1.82, 2.24) is 15.0 Å². The lowest BCUT2D eigenvalue weighted by molar-refractivity contribution is -0.156. The van der Waals surface area contributed by atoms with Gasteiger partial charge in [0.05, 0.1) is 40.2 Å². The maximum absolute atomic E-state index is 6.33. The molecule has 1 aliphatic carbocycles. The number of aromatic nitrogens is 3. The van der Waals surface area contributed by atoms with Crippen LogP contribution in [0.4, 0.5) is 11.8 Å². The first-order valence-electron chi connectivity index (χ1n) is 12.2. The van der Waals surface area contributed by atoms with Gasteiger partial charge in [-0.1, -0.05) is 18.2 Å². The number of ether oxygens (including phenoxy) is 2. The number of nitrogens with one attached hydrogen (secondary N) is 2. The molecule has 0 amide bonds. The minimum absolute atomic E-state index is 0.0119. The minimum atomic E-state index is -0.631. The first kappa shape index (κ1) is 23.7. The van der Waals surface area contributed by atoms with Gasteiger partial charge in [0, 0.05) is 10.8 Å². The normalized spacial score (nSPS) is 24.8. The number of anilines is 2. The highest BCUT2D eigenvalue weighted by Gasteiger charge is 2.53. The van der Waals surface area contributed by atoms with Gasteiger partial charge in [-0.3, -0.25) is 0 Å². The predicted octanol–water partition coefficient (Wildman–Crippen LogP) is 5.01. The van der Waals surface area contributed by atoms with Crippen LogP contribution in [0.15, 0.2) is 41.8 Å². The number of nitrogens with two attached hydrogens (primary N) is 1. The third kappa shape index (κ3) is 4.48. The third-order valence-electron chi connectivity index (χ3n) is 6.80. The molecule has 3 aromatic heterocycles. The average molecular weight is 523 g/mol. The molecule has 0 spiro atoms. The van der Waals surface area contributed by atoms with Crippen molar-refractivity contribution in [2.45, 2.75) is 57.8 Å². The average Bonchev–Trinajstić information content (AvgIpc) is 3.62. The zero-order chi connectivity index (χ0) is 24.9. The van der Waals surface area contributed by atoms with Gasteiger partial charge in [-0.05, 0) is 57.3 Å². The fourth-order valence-corrected chi connectivity index (χ4v) is 6.91. The number of hydrogen-bond donors (Lipinski definition) is 3. The van der Waals surface area contributed by atoms with Gasteiger partial charge in [0.2, 0.25) is 5.95 Å². The number of benzene rings is 1. The lowest BCUT2D eigenvalue weighted by Crippen LogP contribution is -2.35. The summed E-state index contributed by atoms with van der Waals surface area (Å²) in [5, 5.41) is 10.1. The Morgan fingerprint density at radius 3 is 2.69 bits per heavy atom. The molecule has 4 heterocycles. The van der Waals surface area contributed by atoms with Gasteiger partial charge in [-0.2, -0.15) is 4.98 Å². The van der Waals surface area contributed by atoms with E-state index in [2.05, 4.69) is 28.1 Å². The van der Waals surface area contributed by atoms with Crippen LogP contribution in [-0.4, -0.2) is 45.5 Å². The molecule has 2 aliphatic rings. The zero-order valence-corrected chi connectivity index (χ0v) is 22.2. The topological polar surface area (TPSA) is 107 Å². The second kappa shape index (κ2) is 9.35. The first-order chi connectivity index (χ1) is 17.4. The highest BCUT2D eigenvalue weighted by atomic mass is 32.1. The third-order valence-corrected chi connectivity index (χ3v) is 8.74. The number of thiophene rings is 1. The van der Waals surface area contributed by atoms with E-state index in [1.54, 1.807) is 22.7 Å². The van der Waals surface area contributed by atoms with Crippen molar-refractivity contribution in [3.8, 4) is 10.6 Å². The SMILES string of the molecule is Cc1nc(NCc2cccs2)nc(NC2C[C@H](CN)[C@H]3OC(C)(C)O[C@@H]23)c1-c1nc2ccccc2s1. The summed E-state index contributed by atoms with van der Waals surface area (Å²) < 4.78 is 13.7. The number of rotatable bonds is 7. The molecule has 36 heavy (non-hydrogen) atoms. The second-order valence-corrected chi connectivity index (χ2v) is 11.9. The van der Waals surface area contributed by atoms with Crippen molar-refractivity contribution in [3.63, 3.8) is 0 Å². The van der Waals surface area contributed by atoms with Crippen LogP contribution in [0.1, 0.15) is 30.8 Å². The molecule has 4 aromatic rings. The van der Waals surface area contributed by atoms with Crippen LogP contribution >= 0.6 is 22.7 Å². The minimum Gasteiger partial charge on any atom is -0.364 e. The van der Waals surface area contributed by atoms with E-state index < -0.39 is 5.79 Å². The predicted molar refractivity (Wildman–Crippen MR) is 145 cm³/mol. The lowest BCUT2D eigenvalue weighted by Gasteiger charge is -2.25. The van der Waals surface area contributed by atoms with Crippen molar-refractivity contribution >= 4 is 44.7 Å². The Balaban J connectivity index is 1.37. The van der Waals surface area contributed by atoms with E-state index in [1.807, 2.05) is 45.0 Å². The molecule has 10 heteroatoms. The van der Waals surface area contributed by atoms with Gasteiger partial charge < -0.3 is 25.8 Å². The summed E-state index contributed by atoms with van der Waals surface area (Å²) in [6.07, 6.45) is 0.713. The number of nitrogens with zero attached hydrogens (tertiary/aromatic N) is 3. The molecular weight excluding hydrogens is 492 g/mol. The van der Waals surface area contributed by atoms with E-state index in [1.165, 1.54) is 4.88 Å². The molecule has 1 aromatic carbocycles. The van der Waals surface area contributed by atoms with Crippen molar-refractivity contribution in [2.75, 3.05) is 17.2 Å². The maximum atomic E-state index is 6.33. The molecule has 1 saturated heterocycles. The van der Waals surface area contributed by atoms with Crippen LogP contribution in [0.3, 0.4) is 0 Å². The Kier molecular flexibility index (Phi) is 6.17. The fourth-order valence-electron chi connectivity index (χ4n) is 5.21. The lowest BCUT2D eigenvalue weighted by atomic mass is 10.1.